The van der Waals surface area contributed by atoms with Crippen LogP contribution in [0.25, 0.3) is 6.08 Å². The summed E-state index contributed by atoms with van der Waals surface area (Å²) in [5.74, 6) is -4.82. The van der Waals surface area contributed by atoms with Crippen molar-refractivity contribution < 1.29 is 43.0 Å². The normalized spacial score (nSPS) is 18.7. The lowest BCUT2D eigenvalue weighted by Crippen LogP contribution is -2.49. The number of benzene rings is 2. The molecule has 1 fully saturated rings. The minimum absolute atomic E-state index is 0.117. The van der Waals surface area contributed by atoms with Crippen LogP contribution in [-0.2, 0) is 28.7 Å². The van der Waals surface area contributed by atoms with Crippen LogP contribution in [0.4, 0.5) is 0 Å². The fourth-order valence-corrected chi connectivity index (χ4v) is 4.91. The van der Waals surface area contributed by atoms with Crippen LogP contribution in [-0.4, -0.2) is 55.3 Å². The summed E-state index contributed by atoms with van der Waals surface area (Å²) in [4.78, 5) is 76.0. The molecule has 12 heteroatoms. The largest absolute Gasteiger partial charge is 0.465 e. The van der Waals surface area contributed by atoms with Gasteiger partial charge in [0.15, 0.2) is 17.3 Å². The van der Waals surface area contributed by atoms with Crippen molar-refractivity contribution in [2.75, 3.05) is 13.9 Å². The number of esters is 1. The minimum atomic E-state index is -1.21. The highest BCUT2D eigenvalue weighted by Crippen LogP contribution is 2.33. The highest BCUT2D eigenvalue weighted by Gasteiger charge is 2.46. The smallest absolute Gasteiger partial charge is 0.337 e. The fraction of sp³-hybridized carbons (Fsp3) is 0.355. The number of carbonyl (C=O) groups excluding carboxylic acids is 6. The molecule has 0 radical (unpaired) electrons. The maximum absolute atomic E-state index is 13.3. The number of ketones is 1. The van der Waals surface area contributed by atoms with Crippen molar-refractivity contribution in [3.05, 3.63) is 65.2 Å². The molecule has 0 spiro atoms. The number of hydrogen-bond acceptors (Lipinski definition) is 9. The topological polar surface area (TPSA) is 166 Å². The third-order valence-electron chi connectivity index (χ3n) is 7.28. The maximum Gasteiger partial charge on any atom is 0.337 e. The molecule has 3 N–H and O–H groups in total. The molecule has 0 saturated carbocycles. The molecule has 4 rings (SSSR count). The predicted octanol–water partition coefficient (Wildman–Crippen LogP) is 2.08. The first-order chi connectivity index (χ1) is 20.5. The number of amides is 4. The molecule has 226 valence electrons. The Bertz CT molecular complexity index is 1480. The van der Waals surface area contributed by atoms with Gasteiger partial charge in [-0.15, -0.1) is 0 Å². The molecule has 4 amide bonds. The second-order valence-corrected chi connectivity index (χ2v) is 10.6. The van der Waals surface area contributed by atoms with Gasteiger partial charge in [0.05, 0.1) is 37.1 Å². The summed E-state index contributed by atoms with van der Waals surface area (Å²) >= 11 is 0. The lowest BCUT2D eigenvalue weighted by Gasteiger charge is -2.26. The Labute approximate surface area is 248 Å². The lowest BCUT2D eigenvalue weighted by molar-refractivity contribution is -0.137. The molecule has 2 aliphatic rings. The molecule has 4 atom stereocenters. The summed E-state index contributed by atoms with van der Waals surface area (Å²) in [5, 5.41) is 7.63. The lowest BCUT2D eigenvalue weighted by atomic mass is 9.85. The monoisotopic (exact) mass is 591 g/mol. The van der Waals surface area contributed by atoms with E-state index in [2.05, 4.69) is 16.0 Å². The van der Waals surface area contributed by atoms with E-state index in [1.807, 2.05) is 0 Å². The van der Waals surface area contributed by atoms with Gasteiger partial charge in [-0.25, -0.2) is 4.79 Å². The highest BCUT2D eigenvalue weighted by atomic mass is 16.7. The van der Waals surface area contributed by atoms with Gasteiger partial charge in [-0.1, -0.05) is 39.0 Å². The molecule has 0 aliphatic carbocycles. The van der Waals surface area contributed by atoms with Crippen molar-refractivity contribution in [1.29, 1.82) is 0 Å². The van der Waals surface area contributed by atoms with Crippen LogP contribution < -0.4 is 25.4 Å². The van der Waals surface area contributed by atoms with E-state index in [1.54, 1.807) is 50.3 Å². The van der Waals surface area contributed by atoms with Gasteiger partial charge in [0.1, 0.15) is 5.92 Å². The van der Waals surface area contributed by atoms with Gasteiger partial charge in [-0.2, -0.15) is 0 Å². The Morgan fingerprint density at radius 3 is 2.44 bits per heavy atom. The average Bonchev–Trinajstić information content (AvgIpc) is 3.55. The predicted molar refractivity (Wildman–Crippen MR) is 152 cm³/mol. The van der Waals surface area contributed by atoms with Crippen LogP contribution in [0.2, 0.25) is 0 Å². The number of Topliss-reactive ketones (excluding diaryl/α,β-unsaturated/α-hetero) is 1. The van der Waals surface area contributed by atoms with E-state index in [1.165, 1.54) is 32.2 Å². The van der Waals surface area contributed by atoms with Crippen molar-refractivity contribution >= 4 is 41.5 Å². The van der Waals surface area contributed by atoms with E-state index in [-0.39, 0.29) is 18.8 Å². The molecular formula is C31H33N3O9. The molecule has 43 heavy (non-hydrogen) atoms. The number of nitrogens with one attached hydrogen (secondary N) is 3. The number of ether oxygens (including phenoxy) is 3. The number of methoxy groups -OCH3 is 1. The van der Waals surface area contributed by atoms with Gasteiger partial charge in [0.25, 0.3) is 0 Å². The third kappa shape index (κ3) is 7.26. The summed E-state index contributed by atoms with van der Waals surface area (Å²) in [7, 11) is 1.24. The molecule has 0 bridgehead atoms. The quantitative estimate of drug-likeness (QED) is 0.153. The summed E-state index contributed by atoms with van der Waals surface area (Å²) in [6.07, 6.45) is 2.57. The van der Waals surface area contributed by atoms with Crippen molar-refractivity contribution in [1.82, 2.24) is 16.0 Å². The van der Waals surface area contributed by atoms with Gasteiger partial charge in [-0.3, -0.25) is 29.3 Å². The fourth-order valence-electron chi connectivity index (χ4n) is 4.91. The molecule has 12 nitrogen and oxygen atoms in total. The van der Waals surface area contributed by atoms with E-state index in [4.69, 9.17) is 14.2 Å². The zero-order valence-corrected chi connectivity index (χ0v) is 24.2. The Hall–Kier alpha value is -5.00. The number of fused-ring (bicyclic) bond motifs is 1. The van der Waals surface area contributed by atoms with E-state index < -0.39 is 65.2 Å². The van der Waals surface area contributed by atoms with Crippen molar-refractivity contribution in [2.45, 2.75) is 39.3 Å². The van der Waals surface area contributed by atoms with Gasteiger partial charge in [0.2, 0.25) is 30.4 Å². The first kappa shape index (κ1) is 30.9. The van der Waals surface area contributed by atoms with Crippen LogP contribution in [0.15, 0.2) is 48.5 Å². The van der Waals surface area contributed by atoms with Crippen molar-refractivity contribution in [3.63, 3.8) is 0 Å². The highest BCUT2D eigenvalue weighted by molar-refractivity contribution is 6.16. The van der Waals surface area contributed by atoms with Crippen LogP contribution in [0, 0.1) is 17.8 Å². The van der Waals surface area contributed by atoms with E-state index >= 15 is 0 Å². The summed E-state index contributed by atoms with van der Waals surface area (Å²) < 4.78 is 15.5. The SMILES string of the molecule is COC(=O)c1cccc(C(CC(=O)N[C@H](C(=O)[C@@H]2C(=O)NC(=O)[C@H]2C)C(C)C)NC(=O)/C=C/c2ccc3c(c2)OCO3)c1. The van der Waals surface area contributed by atoms with Gasteiger partial charge in [0, 0.05) is 6.08 Å². The molecule has 2 heterocycles. The maximum atomic E-state index is 13.3. The number of carbonyl (C=O) groups is 6. The van der Waals surface area contributed by atoms with Crippen LogP contribution >= 0.6 is 0 Å². The van der Waals surface area contributed by atoms with Gasteiger partial charge >= 0.3 is 5.97 Å². The molecule has 2 aromatic rings. The minimum Gasteiger partial charge on any atom is -0.465 e. The molecule has 1 unspecified atom stereocenters. The molecule has 2 aromatic carbocycles. The number of rotatable bonds is 11. The summed E-state index contributed by atoms with van der Waals surface area (Å²) in [5.41, 5.74) is 1.35. The Balaban J connectivity index is 1.53. The summed E-state index contributed by atoms with van der Waals surface area (Å²) in [6.45, 7) is 5.02. The summed E-state index contributed by atoms with van der Waals surface area (Å²) in [6, 6.07) is 9.53. The Morgan fingerprint density at radius 2 is 1.77 bits per heavy atom. The zero-order valence-electron chi connectivity index (χ0n) is 24.2. The number of hydrogen-bond donors (Lipinski definition) is 3. The standard InChI is InChI=1S/C31H33N3O9/c1-16(2)27(28(37)26-17(3)29(38)34-30(26)39)33-25(36)14-21(19-6-5-7-20(13-19)31(40)41-4)32-24(35)11-9-18-8-10-22-23(12-18)43-15-42-22/h5-13,16-17,21,26-27H,14-15H2,1-4H3,(H,32,35)(H,33,36)(H,34,38,39)/b11-9+/t17-,21?,26+,27-/m0/s1. The molecule has 1 saturated heterocycles. The van der Waals surface area contributed by atoms with E-state index in [0.29, 0.717) is 22.6 Å². The Kier molecular flexibility index (Phi) is 9.59. The van der Waals surface area contributed by atoms with Crippen LogP contribution in [0.5, 0.6) is 11.5 Å². The molecule has 0 aromatic heterocycles. The Morgan fingerprint density at radius 1 is 1.02 bits per heavy atom. The number of imide groups is 1. The van der Waals surface area contributed by atoms with Crippen LogP contribution in [0.1, 0.15) is 54.7 Å². The second-order valence-electron chi connectivity index (χ2n) is 10.6. The molecular weight excluding hydrogens is 558 g/mol. The van der Waals surface area contributed by atoms with Gasteiger partial charge in [-0.05, 0) is 47.4 Å². The van der Waals surface area contributed by atoms with Crippen molar-refractivity contribution in [2.24, 2.45) is 17.8 Å². The zero-order chi connectivity index (χ0) is 31.3. The van der Waals surface area contributed by atoms with E-state index in [9.17, 15) is 28.8 Å². The molecule has 2 aliphatic heterocycles. The average molecular weight is 592 g/mol. The first-order valence-electron chi connectivity index (χ1n) is 13.7. The van der Waals surface area contributed by atoms with Crippen LogP contribution in [0.3, 0.4) is 0 Å². The van der Waals surface area contributed by atoms with E-state index in [0.717, 1.165) is 0 Å². The second kappa shape index (κ2) is 13.3. The first-order valence-corrected chi connectivity index (χ1v) is 13.7. The third-order valence-corrected chi connectivity index (χ3v) is 7.28. The van der Waals surface area contributed by atoms with Crippen molar-refractivity contribution in [3.8, 4) is 11.5 Å². The van der Waals surface area contributed by atoms with Gasteiger partial charge < -0.3 is 24.8 Å².